The van der Waals surface area contributed by atoms with E-state index in [9.17, 15) is 4.79 Å². The van der Waals surface area contributed by atoms with Gasteiger partial charge in [0.15, 0.2) is 0 Å². The van der Waals surface area contributed by atoms with Crippen LogP contribution >= 0.6 is 0 Å². The molecule has 0 unspecified atom stereocenters. The zero-order valence-electron chi connectivity index (χ0n) is 10.9. The van der Waals surface area contributed by atoms with Crippen molar-refractivity contribution in [3.05, 3.63) is 12.4 Å². The molecule has 1 saturated heterocycles. The molecule has 0 radical (unpaired) electrons. The number of likely N-dealkylation sites (N-methyl/N-ethyl adjacent to an activating group) is 1. The van der Waals surface area contributed by atoms with Crippen molar-refractivity contribution < 1.29 is 9.53 Å². The third-order valence-electron chi connectivity index (χ3n) is 3.06. The predicted molar refractivity (Wildman–Crippen MR) is 68.5 cm³/mol. The Hall–Kier alpha value is -1.56. The molecule has 0 spiro atoms. The molecule has 18 heavy (non-hydrogen) atoms. The lowest BCUT2D eigenvalue weighted by atomic mass is 10.2. The largest absolute Gasteiger partial charge is 0.376 e. The highest BCUT2D eigenvalue weighted by Crippen LogP contribution is 2.11. The third kappa shape index (κ3) is 3.46. The van der Waals surface area contributed by atoms with Crippen LogP contribution in [0.3, 0.4) is 0 Å². The van der Waals surface area contributed by atoms with Crippen LogP contribution in [0.2, 0.25) is 0 Å². The highest BCUT2D eigenvalue weighted by Gasteiger charge is 2.16. The van der Waals surface area contributed by atoms with Gasteiger partial charge in [-0.1, -0.05) is 0 Å². The van der Waals surface area contributed by atoms with Gasteiger partial charge < -0.3 is 15.0 Å². The number of carbonyl (C=O) groups excluding carboxylic acids is 1. The topological polar surface area (TPSA) is 59.4 Å². The number of hydrogen-bond acceptors (Lipinski definition) is 4. The second kappa shape index (κ2) is 5.86. The molecule has 6 nitrogen and oxygen atoms in total. The van der Waals surface area contributed by atoms with Crippen molar-refractivity contribution in [2.45, 2.75) is 18.9 Å². The molecule has 1 fully saturated rings. The van der Waals surface area contributed by atoms with Crippen LogP contribution in [0.4, 0.5) is 5.69 Å². The van der Waals surface area contributed by atoms with E-state index in [4.69, 9.17) is 4.74 Å². The molecule has 0 saturated carbocycles. The molecule has 6 heteroatoms. The van der Waals surface area contributed by atoms with Crippen LogP contribution in [-0.2, 0) is 16.6 Å². The maximum Gasteiger partial charge on any atom is 0.239 e. The average molecular weight is 252 g/mol. The summed E-state index contributed by atoms with van der Waals surface area (Å²) in [5.74, 6) is 0.0110. The quantitative estimate of drug-likeness (QED) is 0.810. The number of anilines is 1. The molecule has 0 aromatic carbocycles. The Balaban J connectivity index is 1.73. The van der Waals surface area contributed by atoms with Gasteiger partial charge in [-0.25, -0.2) is 0 Å². The van der Waals surface area contributed by atoms with Crippen molar-refractivity contribution >= 4 is 11.6 Å². The van der Waals surface area contributed by atoms with E-state index >= 15 is 0 Å². The summed E-state index contributed by atoms with van der Waals surface area (Å²) in [5.41, 5.74) is 0.935. The number of nitrogens with one attached hydrogen (secondary N) is 1. The van der Waals surface area contributed by atoms with E-state index in [0.29, 0.717) is 13.1 Å². The highest BCUT2D eigenvalue weighted by molar-refractivity contribution is 5.81. The minimum Gasteiger partial charge on any atom is -0.376 e. The lowest BCUT2D eigenvalue weighted by molar-refractivity contribution is -0.120. The second-order valence-electron chi connectivity index (χ2n) is 4.67. The van der Waals surface area contributed by atoms with Gasteiger partial charge in [0.25, 0.3) is 0 Å². The number of aromatic nitrogens is 2. The molecular formula is C12H20N4O2. The third-order valence-corrected chi connectivity index (χ3v) is 3.06. The van der Waals surface area contributed by atoms with E-state index in [0.717, 1.165) is 25.1 Å². The van der Waals surface area contributed by atoms with Gasteiger partial charge in [0, 0.05) is 33.4 Å². The van der Waals surface area contributed by atoms with E-state index < -0.39 is 0 Å². The number of hydrogen-bond donors (Lipinski definition) is 1. The molecule has 100 valence electrons. The monoisotopic (exact) mass is 252 g/mol. The SMILES string of the molecule is CN(CC(=O)NC[C@H]1CCCO1)c1cnn(C)c1. The number of ether oxygens (including phenoxy) is 1. The second-order valence-corrected chi connectivity index (χ2v) is 4.67. The van der Waals surface area contributed by atoms with Gasteiger partial charge in [-0.2, -0.15) is 5.10 Å². The van der Waals surface area contributed by atoms with E-state index in [2.05, 4.69) is 10.4 Å². The maximum atomic E-state index is 11.8. The van der Waals surface area contributed by atoms with Gasteiger partial charge in [-0.05, 0) is 12.8 Å². The first-order chi connectivity index (χ1) is 8.65. The first-order valence-corrected chi connectivity index (χ1v) is 6.23. The van der Waals surface area contributed by atoms with E-state index in [-0.39, 0.29) is 12.0 Å². The summed E-state index contributed by atoms with van der Waals surface area (Å²) in [6.07, 6.45) is 5.95. The van der Waals surface area contributed by atoms with Crippen molar-refractivity contribution in [1.82, 2.24) is 15.1 Å². The Labute approximate surface area is 107 Å². The molecule has 1 N–H and O–H groups in total. The molecule has 0 bridgehead atoms. The van der Waals surface area contributed by atoms with Gasteiger partial charge in [0.1, 0.15) is 0 Å². The number of nitrogens with zero attached hydrogens (tertiary/aromatic N) is 3. The predicted octanol–water partition coefficient (Wildman–Crippen LogP) is 0.152. The van der Waals surface area contributed by atoms with Gasteiger partial charge in [-0.15, -0.1) is 0 Å². The average Bonchev–Trinajstić information content (AvgIpc) is 2.97. The summed E-state index contributed by atoms with van der Waals surface area (Å²) in [5, 5.41) is 6.98. The Bertz CT molecular complexity index is 399. The molecule has 1 aromatic heterocycles. The standard InChI is InChI=1S/C12H20N4O2/c1-15(10-6-14-16(2)8-10)9-12(17)13-7-11-4-3-5-18-11/h6,8,11H,3-5,7,9H2,1-2H3,(H,13,17)/t11-/m1/s1. The summed E-state index contributed by atoms with van der Waals surface area (Å²) in [7, 11) is 3.73. The Morgan fingerprint density at radius 3 is 3.17 bits per heavy atom. The number of aryl methyl sites for hydroxylation is 1. The smallest absolute Gasteiger partial charge is 0.239 e. The fourth-order valence-corrected chi connectivity index (χ4v) is 2.00. The van der Waals surface area contributed by atoms with Crippen LogP contribution in [-0.4, -0.2) is 48.5 Å². The summed E-state index contributed by atoms with van der Waals surface area (Å²) in [6.45, 7) is 1.76. The Kier molecular flexibility index (Phi) is 4.19. The van der Waals surface area contributed by atoms with Crippen LogP contribution in [0.25, 0.3) is 0 Å². The molecule has 1 aliphatic heterocycles. The first-order valence-electron chi connectivity index (χ1n) is 6.23. The minimum absolute atomic E-state index is 0.0110. The van der Waals surface area contributed by atoms with Crippen LogP contribution < -0.4 is 10.2 Å². The number of amides is 1. The van der Waals surface area contributed by atoms with E-state index in [1.807, 2.05) is 25.2 Å². The fourth-order valence-electron chi connectivity index (χ4n) is 2.00. The molecule has 1 amide bonds. The normalized spacial score (nSPS) is 18.9. The summed E-state index contributed by atoms with van der Waals surface area (Å²) in [4.78, 5) is 13.6. The Morgan fingerprint density at radius 1 is 1.72 bits per heavy atom. The van der Waals surface area contributed by atoms with Gasteiger partial charge in [0.05, 0.1) is 24.5 Å². The van der Waals surface area contributed by atoms with Crippen molar-refractivity contribution in [3.8, 4) is 0 Å². The molecule has 1 aliphatic rings. The molecule has 2 heterocycles. The summed E-state index contributed by atoms with van der Waals surface area (Å²) < 4.78 is 7.17. The van der Waals surface area contributed by atoms with Crippen molar-refractivity contribution in [1.29, 1.82) is 0 Å². The van der Waals surface area contributed by atoms with E-state index in [1.54, 1.807) is 10.9 Å². The van der Waals surface area contributed by atoms with Crippen LogP contribution in [0.15, 0.2) is 12.4 Å². The number of rotatable bonds is 5. The van der Waals surface area contributed by atoms with Crippen molar-refractivity contribution in [2.24, 2.45) is 7.05 Å². The Morgan fingerprint density at radius 2 is 2.56 bits per heavy atom. The zero-order valence-corrected chi connectivity index (χ0v) is 10.9. The number of carbonyl (C=O) groups is 1. The van der Waals surface area contributed by atoms with Crippen LogP contribution in [0.1, 0.15) is 12.8 Å². The van der Waals surface area contributed by atoms with Gasteiger partial charge in [-0.3, -0.25) is 9.48 Å². The van der Waals surface area contributed by atoms with Crippen LogP contribution in [0, 0.1) is 0 Å². The molecule has 1 aromatic rings. The van der Waals surface area contributed by atoms with E-state index in [1.165, 1.54) is 0 Å². The van der Waals surface area contributed by atoms with Crippen LogP contribution in [0.5, 0.6) is 0 Å². The minimum atomic E-state index is 0.0110. The zero-order chi connectivity index (χ0) is 13.0. The van der Waals surface area contributed by atoms with Crippen molar-refractivity contribution in [3.63, 3.8) is 0 Å². The molecule has 0 aliphatic carbocycles. The molecular weight excluding hydrogens is 232 g/mol. The molecule has 2 rings (SSSR count). The van der Waals surface area contributed by atoms with Gasteiger partial charge >= 0.3 is 0 Å². The first kappa shape index (κ1) is 12.9. The van der Waals surface area contributed by atoms with Crippen molar-refractivity contribution in [2.75, 3.05) is 31.6 Å². The lowest BCUT2D eigenvalue weighted by Gasteiger charge is -2.17. The molecule has 1 atom stereocenters. The lowest BCUT2D eigenvalue weighted by Crippen LogP contribution is -2.38. The highest BCUT2D eigenvalue weighted by atomic mass is 16.5. The summed E-state index contributed by atoms with van der Waals surface area (Å²) in [6, 6.07) is 0. The summed E-state index contributed by atoms with van der Waals surface area (Å²) >= 11 is 0. The maximum absolute atomic E-state index is 11.8. The fraction of sp³-hybridized carbons (Fsp3) is 0.667. The van der Waals surface area contributed by atoms with Gasteiger partial charge in [0.2, 0.25) is 5.91 Å².